The maximum Gasteiger partial charge on any atom is 0.191 e. The van der Waals surface area contributed by atoms with Gasteiger partial charge in [0.1, 0.15) is 11.5 Å². The molecule has 0 spiro atoms. The molecule has 0 amide bonds. The molecule has 0 aromatic heterocycles. The average molecular weight is 412 g/mol. The summed E-state index contributed by atoms with van der Waals surface area (Å²) >= 11 is 0. The summed E-state index contributed by atoms with van der Waals surface area (Å²) in [5.74, 6) is 3.02. The second-order valence-corrected chi connectivity index (χ2v) is 7.54. The SMILES string of the molecule is CN=C(NCCCOCC1CCOC1)NCc1ccccc1Oc1cccc(C)c1. The third-order valence-electron chi connectivity index (χ3n) is 5.00. The zero-order chi connectivity index (χ0) is 21.0. The quantitative estimate of drug-likeness (QED) is 0.353. The first-order chi connectivity index (χ1) is 14.7. The van der Waals surface area contributed by atoms with E-state index >= 15 is 0 Å². The van der Waals surface area contributed by atoms with Crippen molar-refractivity contribution in [3.8, 4) is 11.5 Å². The van der Waals surface area contributed by atoms with E-state index in [0.717, 1.165) is 68.8 Å². The normalized spacial score (nSPS) is 16.5. The molecule has 0 saturated carbocycles. The summed E-state index contributed by atoms with van der Waals surface area (Å²) in [6.45, 7) is 6.74. The van der Waals surface area contributed by atoms with Crippen molar-refractivity contribution < 1.29 is 14.2 Å². The molecule has 1 heterocycles. The minimum atomic E-state index is 0.564. The molecule has 162 valence electrons. The van der Waals surface area contributed by atoms with Crippen LogP contribution in [0.25, 0.3) is 0 Å². The van der Waals surface area contributed by atoms with Crippen LogP contribution < -0.4 is 15.4 Å². The third kappa shape index (κ3) is 7.35. The standard InChI is InChI=1S/C24H33N3O3/c1-19-7-5-9-22(15-19)30-23-10-4-3-8-21(23)16-27-24(25-2)26-12-6-13-28-17-20-11-14-29-18-20/h3-5,7-10,15,20H,6,11-14,16-18H2,1-2H3,(H2,25,26,27). The van der Waals surface area contributed by atoms with E-state index in [4.69, 9.17) is 14.2 Å². The highest BCUT2D eigenvalue weighted by molar-refractivity contribution is 5.79. The Bertz CT molecular complexity index is 804. The van der Waals surface area contributed by atoms with Gasteiger partial charge in [0.2, 0.25) is 0 Å². The summed E-state index contributed by atoms with van der Waals surface area (Å²) < 4.78 is 17.2. The van der Waals surface area contributed by atoms with Crippen molar-refractivity contribution in [2.45, 2.75) is 26.3 Å². The molecular weight excluding hydrogens is 378 g/mol. The number of hydrogen-bond acceptors (Lipinski definition) is 4. The Hall–Kier alpha value is -2.57. The second-order valence-electron chi connectivity index (χ2n) is 7.54. The average Bonchev–Trinajstić information content (AvgIpc) is 3.27. The van der Waals surface area contributed by atoms with Crippen molar-refractivity contribution in [1.82, 2.24) is 10.6 Å². The first-order valence-corrected chi connectivity index (χ1v) is 10.7. The molecule has 1 fully saturated rings. The van der Waals surface area contributed by atoms with Crippen LogP contribution in [0.15, 0.2) is 53.5 Å². The van der Waals surface area contributed by atoms with Gasteiger partial charge in [-0.05, 0) is 43.5 Å². The van der Waals surface area contributed by atoms with E-state index in [1.165, 1.54) is 5.56 Å². The molecule has 6 heteroatoms. The van der Waals surface area contributed by atoms with Gasteiger partial charge >= 0.3 is 0 Å². The molecule has 1 aliphatic heterocycles. The van der Waals surface area contributed by atoms with E-state index in [0.29, 0.717) is 12.5 Å². The van der Waals surface area contributed by atoms with E-state index < -0.39 is 0 Å². The summed E-state index contributed by atoms with van der Waals surface area (Å²) in [6.07, 6.45) is 2.05. The van der Waals surface area contributed by atoms with E-state index in [1.807, 2.05) is 36.4 Å². The number of guanidine groups is 1. The van der Waals surface area contributed by atoms with Gasteiger partial charge in [-0.25, -0.2) is 0 Å². The first-order valence-electron chi connectivity index (χ1n) is 10.7. The van der Waals surface area contributed by atoms with Gasteiger partial charge in [0.25, 0.3) is 0 Å². The number of hydrogen-bond donors (Lipinski definition) is 2. The third-order valence-corrected chi connectivity index (χ3v) is 5.00. The van der Waals surface area contributed by atoms with E-state index in [9.17, 15) is 0 Å². The van der Waals surface area contributed by atoms with Gasteiger partial charge in [0.05, 0.1) is 13.2 Å². The highest BCUT2D eigenvalue weighted by atomic mass is 16.5. The lowest BCUT2D eigenvalue weighted by Crippen LogP contribution is -2.37. The summed E-state index contributed by atoms with van der Waals surface area (Å²) in [4.78, 5) is 4.31. The fourth-order valence-electron chi connectivity index (χ4n) is 3.30. The minimum absolute atomic E-state index is 0.564. The Morgan fingerprint density at radius 1 is 1.17 bits per heavy atom. The van der Waals surface area contributed by atoms with Crippen molar-refractivity contribution in [1.29, 1.82) is 0 Å². The lowest BCUT2D eigenvalue weighted by atomic mass is 10.1. The van der Waals surface area contributed by atoms with Crippen molar-refractivity contribution >= 4 is 5.96 Å². The zero-order valence-electron chi connectivity index (χ0n) is 18.0. The lowest BCUT2D eigenvalue weighted by Gasteiger charge is -2.15. The fourth-order valence-corrected chi connectivity index (χ4v) is 3.30. The smallest absolute Gasteiger partial charge is 0.191 e. The van der Waals surface area contributed by atoms with Crippen molar-refractivity contribution in [2.24, 2.45) is 10.9 Å². The van der Waals surface area contributed by atoms with E-state index in [2.05, 4.69) is 34.7 Å². The van der Waals surface area contributed by atoms with Gasteiger partial charge in [0, 0.05) is 44.8 Å². The van der Waals surface area contributed by atoms with Crippen LogP contribution in [0, 0.1) is 12.8 Å². The molecule has 0 aliphatic carbocycles. The highest BCUT2D eigenvalue weighted by Gasteiger charge is 2.15. The summed E-state index contributed by atoms with van der Waals surface area (Å²) in [6, 6.07) is 16.1. The van der Waals surface area contributed by atoms with Crippen molar-refractivity contribution in [3.05, 3.63) is 59.7 Å². The predicted octanol–water partition coefficient (Wildman–Crippen LogP) is 3.90. The molecule has 2 N–H and O–H groups in total. The highest BCUT2D eigenvalue weighted by Crippen LogP contribution is 2.25. The maximum atomic E-state index is 6.10. The molecular formula is C24H33N3O3. The van der Waals surface area contributed by atoms with Gasteiger partial charge in [-0.1, -0.05) is 30.3 Å². The molecule has 6 nitrogen and oxygen atoms in total. The number of aliphatic imine (C=N–C) groups is 1. The van der Waals surface area contributed by atoms with E-state index in [1.54, 1.807) is 7.05 Å². The van der Waals surface area contributed by atoms with E-state index in [-0.39, 0.29) is 0 Å². The minimum Gasteiger partial charge on any atom is -0.457 e. The van der Waals surface area contributed by atoms with Gasteiger partial charge in [-0.15, -0.1) is 0 Å². The Labute approximate surface area is 179 Å². The molecule has 1 unspecified atom stereocenters. The molecule has 1 atom stereocenters. The van der Waals surface area contributed by atoms with Gasteiger partial charge in [-0.3, -0.25) is 4.99 Å². The Kier molecular flexibility index (Phi) is 9.00. The van der Waals surface area contributed by atoms with Crippen LogP contribution in [-0.2, 0) is 16.0 Å². The topological polar surface area (TPSA) is 64.1 Å². The van der Waals surface area contributed by atoms with Crippen molar-refractivity contribution in [3.63, 3.8) is 0 Å². The second kappa shape index (κ2) is 12.2. The molecule has 3 rings (SSSR count). The molecule has 1 saturated heterocycles. The van der Waals surface area contributed by atoms with Crippen LogP contribution in [0.1, 0.15) is 24.0 Å². The van der Waals surface area contributed by atoms with Crippen molar-refractivity contribution in [2.75, 3.05) is 40.0 Å². The summed E-state index contributed by atoms with van der Waals surface area (Å²) in [7, 11) is 1.78. The number of nitrogens with zero attached hydrogens (tertiary/aromatic N) is 1. The van der Waals surface area contributed by atoms with Crippen LogP contribution in [0.4, 0.5) is 0 Å². The first kappa shape index (κ1) is 22.1. The summed E-state index contributed by atoms with van der Waals surface area (Å²) in [5.41, 5.74) is 2.25. The molecule has 0 bridgehead atoms. The lowest BCUT2D eigenvalue weighted by molar-refractivity contribution is 0.0888. The molecule has 0 radical (unpaired) electrons. The Morgan fingerprint density at radius 3 is 2.87 bits per heavy atom. The van der Waals surface area contributed by atoms with Crippen LogP contribution in [0.2, 0.25) is 0 Å². The van der Waals surface area contributed by atoms with Gasteiger partial charge in [0.15, 0.2) is 5.96 Å². The van der Waals surface area contributed by atoms with Crippen LogP contribution >= 0.6 is 0 Å². The molecule has 2 aromatic carbocycles. The molecule has 1 aliphatic rings. The number of nitrogens with one attached hydrogen (secondary N) is 2. The predicted molar refractivity (Wildman–Crippen MR) is 120 cm³/mol. The number of ether oxygens (including phenoxy) is 3. The fraction of sp³-hybridized carbons (Fsp3) is 0.458. The Morgan fingerprint density at radius 2 is 2.07 bits per heavy atom. The molecule has 30 heavy (non-hydrogen) atoms. The van der Waals surface area contributed by atoms with Crippen LogP contribution in [0.5, 0.6) is 11.5 Å². The van der Waals surface area contributed by atoms with Crippen LogP contribution in [-0.4, -0.2) is 46.0 Å². The number of aryl methyl sites for hydroxylation is 1. The number of benzene rings is 2. The zero-order valence-corrected chi connectivity index (χ0v) is 18.0. The van der Waals surface area contributed by atoms with Crippen LogP contribution in [0.3, 0.4) is 0 Å². The number of para-hydroxylation sites is 1. The largest absolute Gasteiger partial charge is 0.457 e. The maximum absolute atomic E-state index is 6.10. The molecule has 2 aromatic rings. The Balaban J connectivity index is 1.40. The van der Waals surface area contributed by atoms with Gasteiger partial charge in [-0.2, -0.15) is 0 Å². The monoisotopic (exact) mass is 411 g/mol. The summed E-state index contributed by atoms with van der Waals surface area (Å²) in [5, 5.41) is 6.70. The van der Waals surface area contributed by atoms with Gasteiger partial charge < -0.3 is 24.8 Å². The number of rotatable bonds is 10.